The van der Waals surface area contributed by atoms with Crippen molar-refractivity contribution >= 4 is 43.1 Å². The second-order valence-corrected chi connectivity index (χ2v) is 7.91. The van der Waals surface area contributed by atoms with Crippen LogP contribution in [0.2, 0.25) is 0 Å². The number of pyridine rings is 1. The van der Waals surface area contributed by atoms with E-state index in [9.17, 15) is 8.42 Å². The molecule has 0 aliphatic heterocycles. The molecule has 19 heavy (non-hydrogen) atoms. The molecule has 2 heterocycles. The number of nitrogens with one attached hydrogen (secondary N) is 1. The van der Waals surface area contributed by atoms with Crippen molar-refractivity contribution in [1.82, 2.24) is 4.98 Å². The molecule has 0 unspecified atom stereocenters. The van der Waals surface area contributed by atoms with Gasteiger partial charge in [0, 0.05) is 11.1 Å². The Labute approximate surface area is 123 Å². The van der Waals surface area contributed by atoms with Gasteiger partial charge in [0.2, 0.25) is 0 Å². The Balaban J connectivity index is 2.31. The summed E-state index contributed by atoms with van der Waals surface area (Å²) in [5, 5.41) is 8.65. The van der Waals surface area contributed by atoms with Crippen LogP contribution in [0.1, 0.15) is 10.4 Å². The zero-order chi connectivity index (χ0) is 14.0. The molecule has 0 amide bonds. The predicted molar refractivity (Wildman–Crippen MR) is 76.5 cm³/mol. The van der Waals surface area contributed by atoms with E-state index in [-0.39, 0.29) is 10.7 Å². The van der Waals surface area contributed by atoms with E-state index in [2.05, 4.69) is 25.6 Å². The minimum absolute atomic E-state index is 0.181. The quantitative estimate of drug-likeness (QED) is 0.915. The molecule has 0 atom stereocenters. The van der Waals surface area contributed by atoms with Crippen molar-refractivity contribution in [3.05, 3.63) is 38.6 Å². The standard InChI is InChI=1S/C11H8BrN3O2S2/c1-7-9(4-10(12)18-7)19(16,17)15-11-3-2-8(5-13)6-14-11/h2-4,6H,1H3,(H,14,15). The zero-order valence-corrected chi connectivity index (χ0v) is 12.9. The number of rotatable bonds is 3. The van der Waals surface area contributed by atoms with Gasteiger partial charge in [-0.25, -0.2) is 13.4 Å². The molecular formula is C11H8BrN3O2S2. The smallest absolute Gasteiger partial charge is 0.263 e. The van der Waals surface area contributed by atoms with Gasteiger partial charge in [-0.1, -0.05) is 0 Å². The third-order valence-corrected chi connectivity index (χ3v) is 5.43. The van der Waals surface area contributed by atoms with Crippen LogP contribution in [0, 0.1) is 18.3 Å². The van der Waals surface area contributed by atoms with Crippen LogP contribution in [-0.2, 0) is 10.0 Å². The molecule has 0 fully saturated rings. The average Bonchev–Trinajstić information content (AvgIpc) is 2.70. The van der Waals surface area contributed by atoms with Crippen molar-refractivity contribution in [3.8, 4) is 6.07 Å². The van der Waals surface area contributed by atoms with E-state index in [0.717, 1.165) is 3.79 Å². The molecule has 0 spiro atoms. The summed E-state index contributed by atoms with van der Waals surface area (Å²) in [7, 11) is -3.66. The molecule has 0 saturated heterocycles. The third-order valence-electron chi connectivity index (χ3n) is 2.26. The van der Waals surface area contributed by atoms with Crippen molar-refractivity contribution in [2.45, 2.75) is 11.8 Å². The van der Waals surface area contributed by atoms with Gasteiger partial charge >= 0.3 is 0 Å². The van der Waals surface area contributed by atoms with Crippen LogP contribution < -0.4 is 4.72 Å². The molecule has 0 bridgehead atoms. The fraction of sp³-hybridized carbons (Fsp3) is 0.0909. The number of halogens is 1. The number of aryl methyl sites for hydroxylation is 1. The van der Waals surface area contributed by atoms with Gasteiger partial charge < -0.3 is 0 Å². The minimum Gasteiger partial charge on any atom is -0.263 e. The topological polar surface area (TPSA) is 82.9 Å². The van der Waals surface area contributed by atoms with Crippen molar-refractivity contribution in [1.29, 1.82) is 5.26 Å². The first kappa shape index (κ1) is 14.0. The molecule has 2 aromatic rings. The van der Waals surface area contributed by atoms with Gasteiger partial charge in [-0.15, -0.1) is 11.3 Å². The van der Waals surface area contributed by atoms with Crippen molar-refractivity contribution < 1.29 is 8.42 Å². The summed E-state index contributed by atoms with van der Waals surface area (Å²) in [6, 6.07) is 6.42. The van der Waals surface area contributed by atoms with Crippen LogP contribution in [0.3, 0.4) is 0 Å². The highest BCUT2D eigenvalue weighted by Crippen LogP contribution is 2.30. The number of anilines is 1. The Bertz CT molecular complexity index is 745. The highest BCUT2D eigenvalue weighted by molar-refractivity contribution is 9.11. The molecular weight excluding hydrogens is 350 g/mol. The van der Waals surface area contributed by atoms with Gasteiger partial charge in [-0.05, 0) is 41.1 Å². The number of hydrogen-bond donors (Lipinski definition) is 1. The predicted octanol–water partition coefficient (Wildman–Crippen LogP) is 2.89. The number of hydrogen-bond acceptors (Lipinski definition) is 5. The molecule has 2 rings (SSSR count). The molecule has 0 aliphatic rings. The van der Waals surface area contributed by atoms with Gasteiger partial charge in [-0.3, -0.25) is 4.72 Å². The van der Waals surface area contributed by atoms with Crippen molar-refractivity contribution in [2.75, 3.05) is 4.72 Å². The number of nitrogens with zero attached hydrogens (tertiary/aromatic N) is 2. The number of sulfonamides is 1. The molecule has 2 aromatic heterocycles. The van der Waals surface area contributed by atoms with Gasteiger partial charge in [0.25, 0.3) is 10.0 Å². The Hall–Kier alpha value is -1.43. The van der Waals surface area contributed by atoms with Gasteiger partial charge in [0.05, 0.1) is 9.35 Å². The Kier molecular flexibility index (Phi) is 3.89. The lowest BCUT2D eigenvalue weighted by molar-refractivity contribution is 0.601. The second-order valence-electron chi connectivity index (χ2n) is 3.62. The summed E-state index contributed by atoms with van der Waals surface area (Å²) in [5.41, 5.74) is 0.373. The highest BCUT2D eigenvalue weighted by atomic mass is 79.9. The first-order valence-corrected chi connectivity index (χ1v) is 8.16. The summed E-state index contributed by atoms with van der Waals surface area (Å²) < 4.78 is 27.4. The molecule has 98 valence electrons. The summed E-state index contributed by atoms with van der Waals surface area (Å²) in [6.07, 6.45) is 1.31. The molecule has 1 N–H and O–H groups in total. The summed E-state index contributed by atoms with van der Waals surface area (Å²) in [5.74, 6) is 0.181. The molecule has 0 aliphatic carbocycles. The third kappa shape index (κ3) is 3.12. The van der Waals surface area contributed by atoms with Crippen LogP contribution in [0.4, 0.5) is 5.82 Å². The van der Waals surface area contributed by atoms with E-state index in [1.54, 1.807) is 13.0 Å². The van der Waals surface area contributed by atoms with Crippen LogP contribution in [0.15, 0.2) is 33.1 Å². The minimum atomic E-state index is -3.66. The van der Waals surface area contributed by atoms with E-state index in [1.807, 2.05) is 6.07 Å². The normalized spacial score (nSPS) is 11.0. The van der Waals surface area contributed by atoms with Crippen LogP contribution in [0.25, 0.3) is 0 Å². The Morgan fingerprint density at radius 2 is 2.21 bits per heavy atom. The monoisotopic (exact) mass is 357 g/mol. The zero-order valence-electron chi connectivity index (χ0n) is 9.71. The SMILES string of the molecule is Cc1sc(Br)cc1S(=O)(=O)Nc1ccc(C#N)cn1. The Morgan fingerprint density at radius 1 is 1.47 bits per heavy atom. The summed E-state index contributed by atoms with van der Waals surface area (Å²) in [6.45, 7) is 1.73. The molecule has 5 nitrogen and oxygen atoms in total. The van der Waals surface area contributed by atoms with E-state index >= 15 is 0 Å². The first-order valence-electron chi connectivity index (χ1n) is 5.07. The lowest BCUT2D eigenvalue weighted by Crippen LogP contribution is -2.14. The lowest BCUT2D eigenvalue weighted by Gasteiger charge is -2.06. The number of thiophene rings is 1. The van der Waals surface area contributed by atoms with E-state index < -0.39 is 10.0 Å². The lowest BCUT2D eigenvalue weighted by atomic mass is 10.3. The Morgan fingerprint density at radius 3 is 2.68 bits per heavy atom. The van der Waals surface area contributed by atoms with Crippen LogP contribution in [-0.4, -0.2) is 13.4 Å². The summed E-state index contributed by atoms with van der Waals surface area (Å²) in [4.78, 5) is 4.78. The largest absolute Gasteiger partial charge is 0.264 e. The first-order chi connectivity index (χ1) is 8.92. The van der Waals surface area contributed by atoms with Gasteiger partial charge in [0.1, 0.15) is 16.8 Å². The number of aromatic nitrogens is 1. The van der Waals surface area contributed by atoms with Crippen molar-refractivity contribution in [2.24, 2.45) is 0 Å². The average molecular weight is 358 g/mol. The fourth-order valence-corrected chi connectivity index (χ4v) is 4.83. The number of nitriles is 1. The van der Waals surface area contributed by atoms with E-state index in [0.29, 0.717) is 10.4 Å². The maximum absolute atomic E-state index is 12.2. The maximum atomic E-state index is 12.2. The fourth-order valence-electron chi connectivity index (χ4n) is 1.41. The second kappa shape index (κ2) is 5.28. The van der Waals surface area contributed by atoms with E-state index in [1.165, 1.54) is 29.7 Å². The highest BCUT2D eigenvalue weighted by Gasteiger charge is 2.20. The molecule has 0 radical (unpaired) electrons. The van der Waals surface area contributed by atoms with E-state index in [4.69, 9.17) is 5.26 Å². The molecule has 8 heteroatoms. The van der Waals surface area contributed by atoms with Crippen LogP contribution in [0.5, 0.6) is 0 Å². The van der Waals surface area contributed by atoms with Crippen LogP contribution >= 0.6 is 27.3 Å². The van der Waals surface area contributed by atoms with Crippen molar-refractivity contribution in [3.63, 3.8) is 0 Å². The summed E-state index contributed by atoms with van der Waals surface area (Å²) >= 11 is 4.60. The van der Waals surface area contributed by atoms with Gasteiger partial charge in [0.15, 0.2) is 0 Å². The maximum Gasteiger partial charge on any atom is 0.264 e. The molecule has 0 saturated carbocycles. The van der Waals surface area contributed by atoms with Gasteiger partial charge in [-0.2, -0.15) is 5.26 Å². The molecule has 0 aromatic carbocycles.